The second kappa shape index (κ2) is 6.47. The highest BCUT2D eigenvalue weighted by atomic mass is 19.1. The fraction of sp³-hybridized carbons (Fsp3) is 1.00. The average Bonchev–Trinajstić information content (AvgIpc) is 2.27. The molecule has 0 aliphatic heterocycles. The molecule has 1 fully saturated rings. The molecular weight excluding hydrogens is 191 g/mol. The van der Waals surface area contributed by atoms with E-state index in [0.717, 1.165) is 45.1 Å². The van der Waals surface area contributed by atoms with Crippen molar-refractivity contribution in [2.75, 3.05) is 13.3 Å². The summed E-state index contributed by atoms with van der Waals surface area (Å²) < 4.78 is 18.9. The lowest BCUT2D eigenvalue weighted by Crippen LogP contribution is -2.34. The van der Waals surface area contributed by atoms with E-state index in [9.17, 15) is 4.39 Å². The first-order chi connectivity index (χ1) is 7.26. The van der Waals surface area contributed by atoms with Gasteiger partial charge in [-0.05, 0) is 32.6 Å². The van der Waals surface area contributed by atoms with Gasteiger partial charge in [-0.15, -0.1) is 0 Å². The Balaban J connectivity index is 2.47. The van der Waals surface area contributed by atoms with Crippen molar-refractivity contribution in [1.29, 1.82) is 0 Å². The van der Waals surface area contributed by atoms with Gasteiger partial charge in [-0.3, -0.25) is 4.39 Å². The molecule has 1 aliphatic rings. The Morgan fingerprint density at radius 3 is 2.80 bits per heavy atom. The van der Waals surface area contributed by atoms with E-state index in [2.05, 4.69) is 6.92 Å². The fourth-order valence-corrected chi connectivity index (χ4v) is 2.74. The molecule has 2 atom stereocenters. The third kappa shape index (κ3) is 3.75. The molecular formula is C13H25FO. The maximum atomic E-state index is 13.2. The molecule has 1 nitrogen and oxygen atoms in total. The van der Waals surface area contributed by atoms with Crippen LogP contribution in [-0.4, -0.2) is 19.4 Å². The molecule has 0 spiro atoms. The first-order valence-corrected chi connectivity index (χ1v) is 6.44. The van der Waals surface area contributed by atoms with Crippen molar-refractivity contribution in [3.05, 3.63) is 0 Å². The van der Waals surface area contributed by atoms with Crippen LogP contribution in [0.4, 0.5) is 4.39 Å². The molecule has 0 heterocycles. The average molecular weight is 216 g/mol. The number of hydrogen-bond acceptors (Lipinski definition) is 1. The third-order valence-electron chi connectivity index (χ3n) is 3.64. The van der Waals surface area contributed by atoms with Crippen LogP contribution in [0.3, 0.4) is 0 Å². The van der Waals surface area contributed by atoms with Gasteiger partial charge < -0.3 is 4.74 Å². The first-order valence-electron chi connectivity index (χ1n) is 6.44. The van der Waals surface area contributed by atoms with E-state index in [1.165, 1.54) is 6.42 Å². The number of halogens is 1. The first kappa shape index (κ1) is 13.0. The van der Waals surface area contributed by atoms with Gasteiger partial charge >= 0.3 is 0 Å². The number of alkyl halides is 1. The van der Waals surface area contributed by atoms with Crippen LogP contribution in [-0.2, 0) is 4.74 Å². The molecule has 0 saturated heterocycles. The Morgan fingerprint density at radius 1 is 1.40 bits per heavy atom. The highest BCUT2D eigenvalue weighted by molar-refractivity contribution is 4.86. The zero-order chi connectivity index (χ0) is 11.1. The lowest BCUT2D eigenvalue weighted by atomic mass is 9.71. The number of rotatable bonds is 6. The Hall–Kier alpha value is -0.110. The van der Waals surface area contributed by atoms with E-state index < -0.39 is 0 Å². The highest BCUT2D eigenvalue weighted by Gasteiger charge is 2.36. The smallest absolute Gasteiger partial charge is 0.0951 e. The van der Waals surface area contributed by atoms with E-state index >= 15 is 0 Å². The quantitative estimate of drug-likeness (QED) is 0.649. The van der Waals surface area contributed by atoms with Crippen molar-refractivity contribution in [3.8, 4) is 0 Å². The lowest BCUT2D eigenvalue weighted by molar-refractivity contribution is -0.0231. The molecule has 90 valence electrons. The van der Waals surface area contributed by atoms with Crippen molar-refractivity contribution in [3.63, 3.8) is 0 Å². The molecule has 1 rings (SSSR count). The normalized spacial score (nSPS) is 31.8. The van der Waals surface area contributed by atoms with E-state index in [4.69, 9.17) is 4.74 Å². The largest absolute Gasteiger partial charge is 0.378 e. The van der Waals surface area contributed by atoms with Gasteiger partial charge in [0.15, 0.2) is 0 Å². The number of unbranched alkanes of at least 4 members (excludes halogenated alkanes) is 1. The Morgan fingerprint density at radius 2 is 2.20 bits per heavy atom. The molecule has 0 N–H and O–H groups in total. The maximum absolute atomic E-state index is 13.2. The van der Waals surface area contributed by atoms with Crippen LogP contribution in [0, 0.1) is 5.41 Å². The van der Waals surface area contributed by atoms with E-state index in [-0.39, 0.29) is 12.1 Å². The molecule has 0 aromatic rings. The summed E-state index contributed by atoms with van der Waals surface area (Å²) in [6.07, 6.45) is 7.95. The molecule has 1 saturated carbocycles. The molecule has 0 radical (unpaired) electrons. The molecule has 2 unspecified atom stereocenters. The van der Waals surface area contributed by atoms with Crippen molar-refractivity contribution in [2.24, 2.45) is 5.41 Å². The summed E-state index contributed by atoms with van der Waals surface area (Å²) in [6, 6.07) is 0. The third-order valence-corrected chi connectivity index (χ3v) is 3.64. The predicted octanol–water partition coefficient (Wildman–Crippen LogP) is 4.11. The van der Waals surface area contributed by atoms with Crippen LogP contribution in [0.1, 0.15) is 58.8 Å². The van der Waals surface area contributed by atoms with Gasteiger partial charge in [0.25, 0.3) is 0 Å². The minimum absolute atomic E-state index is 0.0475. The van der Waals surface area contributed by atoms with Gasteiger partial charge in [-0.2, -0.15) is 0 Å². The summed E-state index contributed by atoms with van der Waals surface area (Å²) in [5.74, 6) is 0. The lowest BCUT2D eigenvalue weighted by Gasteiger charge is -2.39. The summed E-state index contributed by atoms with van der Waals surface area (Å²) in [4.78, 5) is 0. The second-order valence-corrected chi connectivity index (χ2v) is 4.91. The summed E-state index contributed by atoms with van der Waals surface area (Å²) >= 11 is 0. The van der Waals surface area contributed by atoms with Crippen LogP contribution < -0.4 is 0 Å². The van der Waals surface area contributed by atoms with Crippen LogP contribution in [0.15, 0.2) is 0 Å². The Bertz CT molecular complexity index is 170. The summed E-state index contributed by atoms with van der Waals surface area (Å²) in [5.41, 5.74) is -0.0475. The number of ether oxygens (including phenoxy) is 1. The van der Waals surface area contributed by atoms with Crippen molar-refractivity contribution >= 4 is 0 Å². The number of hydrogen-bond donors (Lipinski definition) is 0. The van der Waals surface area contributed by atoms with Gasteiger partial charge in [-0.25, -0.2) is 0 Å². The second-order valence-electron chi connectivity index (χ2n) is 4.91. The fourth-order valence-electron chi connectivity index (χ4n) is 2.74. The van der Waals surface area contributed by atoms with E-state index in [0.29, 0.717) is 6.10 Å². The minimum atomic E-state index is -0.156. The summed E-state index contributed by atoms with van der Waals surface area (Å²) in [5, 5.41) is 0. The van der Waals surface area contributed by atoms with Crippen molar-refractivity contribution < 1.29 is 9.13 Å². The van der Waals surface area contributed by atoms with Gasteiger partial charge in [0, 0.05) is 12.0 Å². The predicted molar refractivity (Wildman–Crippen MR) is 61.8 cm³/mol. The minimum Gasteiger partial charge on any atom is -0.378 e. The molecule has 0 aromatic heterocycles. The van der Waals surface area contributed by atoms with E-state index in [1.807, 2.05) is 6.92 Å². The standard InChI is InChI=1S/C13H25FO/c1-3-5-8-13(11-14)9-6-7-12(10-13)15-4-2/h12H,3-11H2,1-2H3. The maximum Gasteiger partial charge on any atom is 0.0951 e. The molecule has 15 heavy (non-hydrogen) atoms. The Kier molecular flexibility index (Phi) is 5.59. The van der Waals surface area contributed by atoms with Gasteiger partial charge in [0.1, 0.15) is 0 Å². The molecule has 2 heteroatoms. The van der Waals surface area contributed by atoms with Gasteiger partial charge in [0.2, 0.25) is 0 Å². The molecule has 0 aromatic carbocycles. The van der Waals surface area contributed by atoms with Gasteiger partial charge in [0.05, 0.1) is 12.8 Å². The zero-order valence-corrected chi connectivity index (χ0v) is 10.2. The summed E-state index contributed by atoms with van der Waals surface area (Å²) in [7, 11) is 0. The zero-order valence-electron chi connectivity index (χ0n) is 10.2. The van der Waals surface area contributed by atoms with Crippen LogP contribution in [0.2, 0.25) is 0 Å². The van der Waals surface area contributed by atoms with Crippen molar-refractivity contribution in [1.82, 2.24) is 0 Å². The summed E-state index contributed by atoms with van der Waals surface area (Å²) in [6.45, 7) is 4.81. The van der Waals surface area contributed by atoms with Crippen LogP contribution in [0.5, 0.6) is 0 Å². The van der Waals surface area contributed by atoms with Gasteiger partial charge in [-0.1, -0.05) is 26.2 Å². The highest BCUT2D eigenvalue weighted by Crippen LogP contribution is 2.41. The van der Waals surface area contributed by atoms with Crippen molar-refractivity contribution in [2.45, 2.75) is 64.9 Å². The molecule has 1 aliphatic carbocycles. The van der Waals surface area contributed by atoms with E-state index in [1.54, 1.807) is 0 Å². The van der Waals surface area contributed by atoms with Crippen LogP contribution >= 0.6 is 0 Å². The molecule has 0 bridgehead atoms. The Labute approximate surface area is 93.4 Å². The monoisotopic (exact) mass is 216 g/mol. The molecule has 0 amide bonds. The van der Waals surface area contributed by atoms with Crippen LogP contribution in [0.25, 0.3) is 0 Å². The topological polar surface area (TPSA) is 9.23 Å². The SMILES string of the molecule is CCCCC1(CF)CCCC(OCC)C1.